The number of hydrogen-bond donors (Lipinski definition) is 10. The van der Waals surface area contributed by atoms with Gasteiger partial charge in [-0.25, -0.2) is 4.79 Å². The summed E-state index contributed by atoms with van der Waals surface area (Å²) in [7, 11) is 0. The van der Waals surface area contributed by atoms with Crippen molar-refractivity contribution in [3.05, 3.63) is 35.9 Å². The molecule has 0 aromatic heterocycles. The number of nitrogens with one attached hydrogen (secondary N) is 4. The predicted molar refractivity (Wildman–Crippen MR) is 175 cm³/mol. The summed E-state index contributed by atoms with van der Waals surface area (Å²) in [4.78, 5) is 104. The summed E-state index contributed by atoms with van der Waals surface area (Å²) < 4.78 is 0. The van der Waals surface area contributed by atoms with E-state index in [0.717, 1.165) is 0 Å². The Bertz CT molecular complexity index is 1440. The lowest BCUT2D eigenvalue weighted by Gasteiger charge is -2.28. The molecule has 2 rings (SSSR count). The second kappa shape index (κ2) is 19.9. The first-order valence-corrected chi connectivity index (χ1v) is 15.6. The average Bonchev–Trinajstić information content (AvgIpc) is 3.54. The molecule has 14 N–H and O–H groups in total. The maximum absolute atomic E-state index is 13.3. The van der Waals surface area contributed by atoms with Crippen molar-refractivity contribution >= 4 is 53.3 Å². The molecule has 20 nitrogen and oxygen atoms in total. The van der Waals surface area contributed by atoms with Crippen LogP contribution in [0, 0.1) is 0 Å². The van der Waals surface area contributed by atoms with Crippen molar-refractivity contribution in [3.8, 4) is 0 Å². The van der Waals surface area contributed by atoms with E-state index >= 15 is 0 Å². The second-order valence-corrected chi connectivity index (χ2v) is 11.5. The van der Waals surface area contributed by atoms with Crippen molar-refractivity contribution in [1.82, 2.24) is 26.2 Å². The maximum atomic E-state index is 13.3. The van der Waals surface area contributed by atoms with Gasteiger partial charge in [0.15, 0.2) is 5.96 Å². The van der Waals surface area contributed by atoms with Crippen LogP contribution < -0.4 is 44.2 Å². The predicted octanol–water partition coefficient (Wildman–Crippen LogP) is -4.39. The molecule has 1 saturated heterocycles. The number of primary amides is 1. The van der Waals surface area contributed by atoms with E-state index in [9.17, 15) is 48.6 Å². The van der Waals surface area contributed by atoms with Crippen LogP contribution >= 0.6 is 0 Å². The highest BCUT2D eigenvalue weighted by atomic mass is 16.4. The van der Waals surface area contributed by atoms with E-state index in [1.54, 1.807) is 30.3 Å². The largest absolute Gasteiger partial charge is 0.481 e. The van der Waals surface area contributed by atoms with Gasteiger partial charge in [0.25, 0.3) is 0 Å². The molecule has 0 aliphatic carbocycles. The monoisotopic (exact) mass is 704 g/mol. The number of aliphatic imine (C=N–C) groups is 1. The summed E-state index contributed by atoms with van der Waals surface area (Å²) in [5.41, 5.74) is 22.2. The van der Waals surface area contributed by atoms with Gasteiger partial charge in [-0.1, -0.05) is 30.3 Å². The summed E-state index contributed by atoms with van der Waals surface area (Å²) in [6.45, 7) is -0.494. The lowest BCUT2D eigenvalue weighted by molar-refractivity contribution is -0.143. The molecule has 1 fully saturated rings. The molecular formula is C30H44N10O10. The standard InChI is InChI=1S/C30H44N10O10/c31-17(13-22(32)41)28(48)40-11-5-9-21(40)27(47)38-18(8-4-10-35-30(33)34)25(45)36-15-23(42)37-19(14-24(43)44)26(46)39-20(29(49)50)12-16-6-2-1-3-7-16/h1-3,6-7,17-21H,4-5,8-15,31H2,(H2,32,41)(H,36,45)(H,37,42)(H,38,47)(H,39,46)(H,43,44)(H,49,50)(H4,33,34,35). The van der Waals surface area contributed by atoms with Gasteiger partial charge in [-0.2, -0.15) is 0 Å². The number of benzene rings is 1. The van der Waals surface area contributed by atoms with Crippen LogP contribution in [-0.2, 0) is 44.8 Å². The van der Waals surface area contributed by atoms with Crippen LogP contribution in [0.1, 0.15) is 44.1 Å². The van der Waals surface area contributed by atoms with Gasteiger partial charge in [0.2, 0.25) is 35.4 Å². The number of rotatable bonds is 20. The molecule has 274 valence electrons. The number of nitrogens with two attached hydrogens (primary N) is 4. The normalized spacial score (nSPS) is 16.1. The number of nitrogens with zero attached hydrogens (tertiary/aromatic N) is 2. The Morgan fingerprint density at radius 3 is 2.16 bits per heavy atom. The third-order valence-electron chi connectivity index (χ3n) is 7.51. The van der Waals surface area contributed by atoms with Crippen LogP contribution in [0.3, 0.4) is 0 Å². The van der Waals surface area contributed by atoms with Gasteiger partial charge in [-0.15, -0.1) is 0 Å². The van der Waals surface area contributed by atoms with Gasteiger partial charge in [-0.05, 0) is 31.2 Å². The molecule has 6 amide bonds. The zero-order chi connectivity index (χ0) is 37.4. The maximum Gasteiger partial charge on any atom is 0.326 e. The van der Waals surface area contributed by atoms with E-state index in [1.807, 2.05) is 0 Å². The molecule has 5 atom stereocenters. The molecule has 0 saturated carbocycles. The zero-order valence-electron chi connectivity index (χ0n) is 27.2. The van der Waals surface area contributed by atoms with Gasteiger partial charge in [0, 0.05) is 19.5 Å². The lowest BCUT2D eigenvalue weighted by Crippen LogP contribution is -2.57. The summed E-state index contributed by atoms with van der Waals surface area (Å²) >= 11 is 0. The number of aliphatic carboxylic acids is 2. The van der Waals surface area contributed by atoms with Gasteiger partial charge >= 0.3 is 11.9 Å². The molecule has 1 aromatic rings. The number of amides is 6. The summed E-state index contributed by atoms with van der Waals surface area (Å²) in [5, 5.41) is 28.2. The number of hydrogen-bond acceptors (Lipinski definition) is 10. The number of likely N-dealkylation sites (tertiary alicyclic amines) is 1. The van der Waals surface area contributed by atoms with Crippen LogP contribution in [-0.4, -0.2) is 118 Å². The highest BCUT2D eigenvalue weighted by Crippen LogP contribution is 2.19. The number of carboxylic acids is 2. The van der Waals surface area contributed by atoms with Crippen molar-refractivity contribution in [2.24, 2.45) is 27.9 Å². The van der Waals surface area contributed by atoms with Gasteiger partial charge in [0.1, 0.15) is 24.2 Å². The van der Waals surface area contributed by atoms with E-state index in [4.69, 9.17) is 22.9 Å². The van der Waals surface area contributed by atoms with E-state index in [1.165, 1.54) is 4.90 Å². The zero-order valence-corrected chi connectivity index (χ0v) is 27.2. The van der Waals surface area contributed by atoms with Gasteiger partial charge < -0.3 is 59.3 Å². The summed E-state index contributed by atoms with van der Waals surface area (Å²) in [6, 6.07) is 1.69. The molecule has 5 unspecified atom stereocenters. The Kier molecular flexibility index (Phi) is 16.1. The van der Waals surface area contributed by atoms with Crippen molar-refractivity contribution < 1.29 is 48.6 Å². The number of carbonyl (C=O) groups excluding carboxylic acids is 6. The Morgan fingerprint density at radius 1 is 0.880 bits per heavy atom. The smallest absolute Gasteiger partial charge is 0.326 e. The second-order valence-electron chi connectivity index (χ2n) is 11.5. The molecule has 50 heavy (non-hydrogen) atoms. The Hall–Kier alpha value is -5.79. The average molecular weight is 705 g/mol. The lowest BCUT2D eigenvalue weighted by atomic mass is 10.1. The van der Waals surface area contributed by atoms with E-state index in [-0.39, 0.29) is 44.7 Å². The fourth-order valence-corrected chi connectivity index (χ4v) is 5.10. The van der Waals surface area contributed by atoms with Crippen LogP contribution in [0.25, 0.3) is 0 Å². The topological polar surface area (TPSA) is 345 Å². The third kappa shape index (κ3) is 13.7. The van der Waals surface area contributed by atoms with Crippen LogP contribution in [0.5, 0.6) is 0 Å². The minimum absolute atomic E-state index is 0.0140. The van der Waals surface area contributed by atoms with Gasteiger partial charge in [-0.3, -0.25) is 38.6 Å². The molecule has 1 heterocycles. The summed E-state index contributed by atoms with van der Waals surface area (Å²) in [6.07, 6.45) is -0.564. The van der Waals surface area contributed by atoms with E-state index < -0.39 is 97.0 Å². The van der Waals surface area contributed by atoms with Crippen molar-refractivity contribution in [2.45, 2.75) is 75.2 Å². The molecule has 0 bridgehead atoms. The molecular weight excluding hydrogens is 660 g/mol. The number of carboxylic acid groups (broad SMARTS) is 2. The van der Waals surface area contributed by atoms with Crippen LogP contribution in [0.4, 0.5) is 0 Å². The van der Waals surface area contributed by atoms with Crippen LogP contribution in [0.2, 0.25) is 0 Å². The number of carbonyl (C=O) groups is 8. The minimum Gasteiger partial charge on any atom is -0.481 e. The van der Waals surface area contributed by atoms with Crippen molar-refractivity contribution in [2.75, 3.05) is 19.6 Å². The Morgan fingerprint density at radius 2 is 1.56 bits per heavy atom. The molecule has 0 spiro atoms. The highest BCUT2D eigenvalue weighted by molar-refractivity contribution is 5.96. The quantitative estimate of drug-likeness (QED) is 0.0349. The minimum atomic E-state index is -1.70. The van der Waals surface area contributed by atoms with Crippen molar-refractivity contribution in [3.63, 3.8) is 0 Å². The molecule has 1 aromatic carbocycles. The Labute approximate surface area is 286 Å². The van der Waals surface area contributed by atoms with Crippen molar-refractivity contribution in [1.29, 1.82) is 0 Å². The molecule has 0 radical (unpaired) electrons. The Balaban J connectivity index is 2.09. The molecule has 1 aliphatic heterocycles. The number of guanidine groups is 1. The van der Waals surface area contributed by atoms with Gasteiger partial charge in [0.05, 0.1) is 25.4 Å². The van der Waals surface area contributed by atoms with E-state index in [2.05, 4.69) is 26.3 Å². The first kappa shape index (κ1) is 40.4. The van der Waals surface area contributed by atoms with Crippen LogP contribution in [0.15, 0.2) is 35.3 Å². The fraction of sp³-hybridized carbons (Fsp3) is 0.500. The SMILES string of the molecule is NC(=O)CC(N)C(=O)N1CCCC1C(=O)NC(CCCN=C(N)N)C(=O)NCC(=O)NC(CC(=O)O)C(=O)NC(Cc1ccccc1)C(=O)O. The summed E-state index contributed by atoms with van der Waals surface area (Å²) in [5.74, 6) is -8.12. The first-order valence-electron chi connectivity index (χ1n) is 15.6. The first-order chi connectivity index (χ1) is 23.6. The third-order valence-corrected chi connectivity index (χ3v) is 7.51. The highest BCUT2D eigenvalue weighted by Gasteiger charge is 2.38. The fourth-order valence-electron chi connectivity index (χ4n) is 5.10. The molecule has 20 heteroatoms. The van der Waals surface area contributed by atoms with E-state index in [0.29, 0.717) is 12.0 Å². The molecule has 1 aliphatic rings.